The van der Waals surface area contributed by atoms with E-state index in [1.165, 1.54) is 12.4 Å². The van der Waals surface area contributed by atoms with Gasteiger partial charge in [-0.3, -0.25) is 4.98 Å². The third-order valence-corrected chi connectivity index (χ3v) is 2.55. The lowest BCUT2D eigenvalue weighted by atomic mass is 10.2. The minimum atomic E-state index is -4.42. The second-order valence-corrected chi connectivity index (χ2v) is 4.15. The molecule has 0 aromatic carbocycles. The zero-order chi connectivity index (χ0) is 15.3. The molecule has 0 atom stereocenters. The summed E-state index contributed by atoms with van der Waals surface area (Å²) in [5, 5.41) is 0. The lowest BCUT2D eigenvalue weighted by Crippen LogP contribution is -2.05. The minimum Gasteiger partial charge on any atom is -0.437 e. The van der Waals surface area contributed by atoms with Crippen molar-refractivity contribution < 1.29 is 17.9 Å². The number of pyridine rings is 2. The highest BCUT2D eigenvalue weighted by Crippen LogP contribution is 2.30. The second kappa shape index (κ2) is 6.25. The molecule has 2 aromatic rings. The van der Waals surface area contributed by atoms with Crippen molar-refractivity contribution in [3.63, 3.8) is 0 Å². The van der Waals surface area contributed by atoms with Gasteiger partial charge in [0, 0.05) is 18.5 Å². The fourth-order valence-corrected chi connectivity index (χ4v) is 1.56. The maximum atomic E-state index is 12.4. The van der Waals surface area contributed by atoms with Gasteiger partial charge in [0.1, 0.15) is 5.75 Å². The maximum Gasteiger partial charge on any atom is 0.417 e. The molecule has 0 saturated carbocycles. The van der Waals surface area contributed by atoms with Gasteiger partial charge >= 0.3 is 6.18 Å². The van der Waals surface area contributed by atoms with Crippen LogP contribution in [0.4, 0.5) is 13.2 Å². The molecule has 4 nitrogen and oxygen atoms in total. The van der Waals surface area contributed by atoms with Crippen LogP contribution in [0.15, 0.2) is 49.1 Å². The molecular weight excluding hydrogens is 283 g/mol. The van der Waals surface area contributed by atoms with E-state index in [9.17, 15) is 13.2 Å². The summed E-state index contributed by atoms with van der Waals surface area (Å²) in [7, 11) is 0. The van der Waals surface area contributed by atoms with Crippen molar-refractivity contribution in [3.05, 3.63) is 60.2 Å². The molecule has 0 fully saturated rings. The quantitative estimate of drug-likeness (QED) is 0.940. The summed E-state index contributed by atoms with van der Waals surface area (Å²) in [5.41, 5.74) is 5.29. The van der Waals surface area contributed by atoms with E-state index in [0.29, 0.717) is 12.2 Å². The van der Waals surface area contributed by atoms with Crippen molar-refractivity contribution in [2.24, 2.45) is 5.73 Å². The van der Waals surface area contributed by atoms with Crippen LogP contribution in [0, 0.1) is 0 Å². The van der Waals surface area contributed by atoms with E-state index < -0.39 is 11.7 Å². The number of hydrogen-bond donors (Lipinski definition) is 1. The summed E-state index contributed by atoms with van der Waals surface area (Å²) >= 11 is 0. The summed E-state index contributed by atoms with van der Waals surface area (Å²) in [6, 6.07) is 3.79. The minimum absolute atomic E-state index is 0.0660. The molecule has 0 amide bonds. The third kappa shape index (κ3) is 4.20. The average molecular weight is 295 g/mol. The number of rotatable bonds is 4. The molecule has 0 aliphatic carbocycles. The standard InChI is InChI=1S/C14H12F3N3O/c15-14(16,17)11-3-4-13(20-8-11)21-12-6-10(2-1-5-18)7-19-9-12/h1,3-9H,2,18H2. The molecule has 0 unspecified atom stereocenters. The number of halogens is 3. The Balaban J connectivity index is 2.11. The van der Waals surface area contributed by atoms with Gasteiger partial charge in [-0.05, 0) is 30.3 Å². The first kappa shape index (κ1) is 14.8. The van der Waals surface area contributed by atoms with Crippen molar-refractivity contribution in [2.75, 3.05) is 0 Å². The van der Waals surface area contributed by atoms with Crippen molar-refractivity contribution in [1.29, 1.82) is 0 Å². The highest BCUT2D eigenvalue weighted by molar-refractivity contribution is 5.29. The number of nitrogens with zero attached hydrogens (tertiary/aromatic N) is 2. The Morgan fingerprint density at radius 3 is 2.62 bits per heavy atom. The lowest BCUT2D eigenvalue weighted by Gasteiger charge is -2.08. The number of allylic oxidation sites excluding steroid dienone is 1. The number of alkyl halides is 3. The van der Waals surface area contributed by atoms with E-state index >= 15 is 0 Å². The van der Waals surface area contributed by atoms with Gasteiger partial charge in [0.25, 0.3) is 0 Å². The van der Waals surface area contributed by atoms with E-state index in [1.807, 2.05) is 0 Å². The van der Waals surface area contributed by atoms with E-state index in [-0.39, 0.29) is 5.88 Å². The highest BCUT2D eigenvalue weighted by atomic mass is 19.4. The van der Waals surface area contributed by atoms with E-state index in [0.717, 1.165) is 23.9 Å². The molecule has 2 rings (SSSR count). The van der Waals surface area contributed by atoms with Gasteiger partial charge < -0.3 is 10.5 Å². The zero-order valence-electron chi connectivity index (χ0n) is 10.8. The van der Waals surface area contributed by atoms with Gasteiger partial charge in [-0.2, -0.15) is 13.2 Å². The summed E-state index contributed by atoms with van der Waals surface area (Å²) in [5.74, 6) is 0.460. The van der Waals surface area contributed by atoms with Crippen LogP contribution in [0.25, 0.3) is 0 Å². The van der Waals surface area contributed by atoms with E-state index in [2.05, 4.69) is 9.97 Å². The summed E-state index contributed by atoms with van der Waals surface area (Å²) in [6.45, 7) is 0. The van der Waals surface area contributed by atoms with Crippen LogP contribution >= 0.6 is 0 Å². The Bertz CT molecular complexity index is 624. The largest absolute Gasteiger partial charge is 0.437 e. The van der Waals surface area contributed by atoms with Crippen molar-refractivity contribution in [3.8, 4) is 11.6 Å². The number of aromatic nitrogens is 2. The lowest BCUT2D eigenvalue weighted by molar-refractivity contribution is -0.137. The number of hydrogen-bond acceptors (Lipinski definition) is 4. The van der Waals surface area contributed by atoms with Gasteiger partial charge in [0.2, 0.25) is 5.88 Å². The predicted molar refractivity (Wildman–Crippen MR) is 70.6 cm³/mol. The van der Waals surface area contributed by atoms with Gasteiger partial charge in [0.15, 0.2) is 0 Å². The van der Waals surface area contributed by atoms with Crippen molar-refractivity contribution in [1.82, 2.24) is 9.97 Å². The van der Waals surface area contributed by atoms with Crippen LogP contribution in [0.5, 0.6) is 11.6 Å². The van der Waals surface area contributed by atoms with Gasteiger partial charge in [-0.25, -0.2) is 4.98 Å². The first-order valence-electron chi connectivity index (χ1n) is 6.01. The van der Waals surface area contributed by atoms with Crippen LogP contribution < -0.4 is 10.5 Å². The molecule has 21 heavy (non-hydrogen) atoms. The molecule has 0 aliphatic heterocycles. The first-order valence-corrected chi connectivity index (χ1v) is 6.01. The molecule has 0 spiro atoms. The Hall–Kier alpha value is -2.57. The molecule has 2 N–H and O–H groups in total. The maximum absolute atomic E-state index is 12.4. The molecule has 2 aromatic heterocycles. The van der Waals surface area contributed by atoms with Crippen molar-refractivity contribution in [2.45, 2.75) is 12.6 Å². The summed E-state index contributed by atoms with van der Waals surface area (Å²) in [6.07, 6.45) is 3.16. The first-order chi connectivity index (χ1) is 9.99. The third-order valence-electron chi connectivity index (χ3n) is 2.55. The Morgan fingerprint density at radius 1 is 1.19 bits per heavy atom. The highest BCUT2D eigenvalue weighted by Gasteiger charge is 2.30. The van der Waals surface area contributed by atoms with Crippen LogP contribution in [0.3, 0.4) is 0 Å². The summed E-state index contributed by atoms with van der Waals surface area (Å²) < 4.78 is 42.6. The monoisotopic (exact) mass is 295 g/mol. The normalized spacial score (nSPS) is 11.8. The molecule has 0 aliphatic rings. The Kier molecular flexibility index (Phi) is 4.42. The fourth-order valence-electron chi connectivity index (χ4n) is 1.56. The van der Waals surface area contributed by atoms with Crippen LogP contribution in [0.2, 0.25) is 0 Å². The molecule has 110 valence electrons. The topological polar surface area (TPSA) is 61.0 Å². The van der Waals surface area contributed by atoms with E-state index in [4.69, 9.17) is 10.5 Å². The second-order valence-electron chi connectivity index (χ2n) is 4.15. The smallest absolute Gasteiger partial charge is 0.417 e. The number of ether oxygens (including phenoxy) is 1. The van der Waals surface area contributed by atoms with Crippen LogP contribution in [-0.2, 0) is 12.6 Å². The number of nitrogens with two attached hydrogens (primary N) is 1. The average Bonchev–Trinajstić information content (AvgIpc) is 2.45. The summed E-state index contributed by atoms with van der Waals surface area (Å²) in [4.78, 5) is 7.61. The Morgan fingerprint density at radius 2 is 2.00 bits per heavy atom. The van der Waals surface area contributed by atoms with Gasteiger partial charge in [-0.15, -0.1) is 0 Å². The molecule has 2 heterocycles. The van der Waals surface area contributed by atoms with Gasteiger partial charge in [0.05, 0.1) is 11.8 Å². The van der Waals surface area contributed by atoms with Gasteiger partial charge in [-0.1, -0.05) is 6.08 Å². The molecule has 0 bridgehead atoms. The van der Waals surface area contributed by atoms with Crippen molar-refractivity contribution >= 4 is 0 Å². The van der Waals surface area contributed by atoms with Crippen LogP contribution in [0.1, 0.15) is 11.1 Å². The zero-order valence-corrected chi connectivity index (χ0v) is 10.8. The fraction of sp³-hybridized carbons (Fsp3) is 0.143. The van der Waals surface area contributed by atoms with Crippen LogP contribution in [-0.4, -0.2) is 9.97 Å². The van der Waals surface area contributed by atoms with E-state index in [1.54, 1.807) is 18.3 Å². The molecular formula is C14H12F3N3O. The molecule has 0 radical (unpaired) electrons. The molecule has 7 heteroatoms. The Labute approximate surface area is 119 Å². The molecule has 0 saturated heterocycles. The SMILES string of the molecule is NC=CCc1cncc(Oc2ccc(C(F)(F)F)cn2)c1. The predicted octanol–water partition coefficient (Wildman–Crippen LogP) is 3.30.